The van der Waals surface area contributed by atoms with Crippen LogP contribution in [0.5, 0.6) is 0 Å². The lowest BCUT2D eigenvalue weighted by atomic mass is 10.1. The molecule has 0 aliphatic rings. The maximum absolute atomic E-state index is 12.2. The summed E-state index contributed by atoms with van der Waals surface area (Å²) in [5.41, 5.74) is 1.52. The standard InChI is InChI=1S/C14H14N4O2/c1-8(14-18-17-9(2)20-14)16-13(19)11-4-3-10-5-6-15-12(10)7-11/h3-8,15H,1-2H3,(H,16,19)/t8-/m1/s1. The van der Waals surface area contributed by atoms with Crippen LogP contribution in [0.2, 0.25) is 0 Å². The summed E-state index contributed by atoms with van der Waals surface area (Å²) in [7, 11) is 0. The first kappa shape index (κ1) is 12.4. The predicted molar refractivity (Wildman–Crippen MR) is 73.2 cm³/mol. The molecule has 6 heteroatoms. The zero-order valence-corrected chi connectivity index (χ0v) is 11.2. The van der Waals surface area contributed by atoms with Crippen LogP contribution in [0.25, 0.3) is 10.9 Å². The summed E-state index contributed by atoms with van der Waals surface area (Å²) in [6.07, 6.45) is 1.84. The van der Waals surface area contributed by atoms with Gasteiger partial charge < -0.3 is 14.7 Å². The number of aryl methyl sites for hydroxylation is 1. The Balaban J connectivity index is 1.78. The van der Waals surface area contributed by atoms with Crippen molar-refractivity contribution in [2.45, 2.75) is 19.9 Å². The summed E-state index contributed by atoms with van der Waals surface area (Å²) in [6, 6.07) is 7.14. The summed E-state index contributed by atoms with van der Waals surface area (Å²) < 4.78 is 5.30. The Labute approximate surface area is 115 Å². The summed E-state index contributed by atoms with van der Waals surface area (Å²) in [4.78, 5) is 15.3. The first-order valence-electron chi connectivity index (χ1n) is 6.31. The number of nitrogens with zero attached hydrogens (tertiary/aromatic N) is 2. The van der Waals surface area contributed by atoms with Gasteiger partial charge in [-0.05, 0) is 30.5 Å². The van der Waals surface area contributed by atoms with Gasteiger partial charge in [-0.2, -0.15) is 0 Å². The van der Waals surface area contributed by atoms with E-state index >= 15 is 0 Å². The molecule has 0 spiro atoms. The highest BCUT2D eigenvalue weighted by atomic mass is 16.4. The predicted octanol–water partition coefficient (Wildman–Crippen LogP) is 2.35. The monoisotopic (exact) mass is 270 g/mol. The molecule has 1 aromatic carbocycles. The number of fused-ring (bicyclic) bond motifs is 1. The molecule has 102 valence electrons. The van der Waals surface area contributed by atoms with Crippen LogP contribution in [0.4, 0.5) is 0 Å². The van der Waals surface area contributed by atoms with Crippen molar-refractivity contribution in [3.05, 3.63) is 47.8 Å². The maximum atomic E-state index is 12.2. The van der Waals surface area contributed by atoms with Crippen molar-refractivity contribution in [1.82, 2.24) is 20.5 Å². The van der Waals surface area contributed by atoms with E-state index in [2.05, 4.69) is 20.5 Å². The van der Waals surface area contributed by atoms with E-state index in [0.717, 1.165) is 10.9 Å². The minimum absolute atomic E-state index is 0.176. The van der Waals surface area contributed by atoms with Crippen molar-refractivity contribution >= 4 is 16.8 Å². The van der Waals surface area contributed by atoms with E-state index in [0.29, 0.717) is 17.3 Å². The Morgan fingerprint density at radius 2 is 2.20 bits per heavy atom. The molecule has 0 saturated heterocycles. The lowest BCUT2D eigenvalue weighted by Crippen LogP contribution is -2.26. The van der Waals surface area contributed by atoms with Gasteiger partial charge in [0, 0.05) is 24.2 Å². The van der Waals surface area contributed by atoms with E-state index < -0.39 is 0 Å². The average Bonchev–Trinajstić information content (AvgIpc) is 3.05. The molecule has 0 radical (unpaired) electrons. The van der Waals surface area contributed by atoms with E-state index in [-0.39, 0.29) is 11.9 Å². The Kier molecular flexibility index (Phi) is 2.98. The number of H-pyrrole nitrogens is 1. The van der Waals surface area contributed by atoms with Gasteiger partial charge in [0.15, 0.2) is 0 Å². The molecule has 0 fully saturated rings. The first-order valence-corrected chi connectivity index (χ1v) is 6.31. The third kappa shape index (κ3) is 2.27. The van der Waals surface area contributed by atoms with Gasteiger partial charge in [-0.1, -0.05) is 6.07 Å². The van der Waals surface area contributed by atoms with Gasteiger partial charge in [0.05, 0.1) is 0 Å². The van der Waals surface area contributed by atoms with Crippen LogP contribution < -0.4 is 5.32 Å². The fourth-order valence-corrected chi connectivity index (χ4v) is 2.02. The lowest BCUT2D eigenvalue weighted by Gasteiger charge is -2.09. The average molecular weight is 270 g/mol. The fourth-order valence-electron chi connectivity index (χ4n) is 2.02. The number of aromatic amines is 1. The number of carbonyl (C=O) groups excluding carboxylic acids is 1. The van der Waals surface area contributed by atoms with Crippen LogP contribution in [0, 0.1) is 6.92 Å². The minimum atomic E-state index is -0.331. The van der Waals surface area contributed by atoms with Crippen LogP contribution in [-0.4, -0.2) is 21.1 Å². The number of hydrogen-bond donors (Lipinski definition) is 2. The second-order valence-corrected chi connectivity index (χ2v) is 4.63. The molecule has 0 bridgehead atoms. The smallest absolute Gasteiger partial charge is 0.251 e. The molecule has 2 N–H and O–H groups in total. The Morgan fingerprint density at radius 3 is 2.95 bits per heavy atom. The third-order valence-electron chi connectivity index (χ3n) is 3.08. The Hall–Kier alpha value is -2.63. The van der Waals surface area contributed by atoms with Gasteiger partial charge in [-0.3, -0.25) is 4.79 Å². The lowest BCUT2D eigenvalue weighted by molar-refractivity contribution is 0.0934. The van der Waals surface area contributed by atoms with E-state index in [1.54, 1.807) is 19.9 Å². The molecule has 0 aliphatic heterocycles. The number of benzene rings is 1. The molecule has 0 unspecified atom stereocenters. The molecule has 20 heavy (non-hydrogen) atoms. The van der Waals surface area contributed by atoms with Gasteiger partial charge in [0.25, 0.3) is 5.91 Å². The van der Waals surface area contributed by atoms with Gasteiger partial charge in [0.1, 0.15) is 6.04 Å². The zero-order chi connectivity index (χ0) is 14.1. The van der Waals surface area contributed by atoms with E-state index in [9.17, 15) is 4.79 Å². The van der Waals surface area contributed by atoms with Crippen LogP contribution in [0.1, 0.15) is 35.1 Å². The second kappa shape index (κ2) is 4.80. The minimum Gasteiger partial charge on any atom is -0.423 e. The highest BCUT2D eigenvalue weighted by Gasteiger charge is 2.16. The highest BCUT2D eigenvalue weighted by molar-refractivity contribution is 5.98. The first-order chi connectivity index (χ1) is 9.63. The topological polar surface area (TPSA) is 83.8 Å². The molecule has 6 nitrogen and oxygen atoms in total. The van der Waals surface area contributed by atoms with Crippen molar-refractivity contribution in [2.24, 2.45) is 0 Å². The number of aromatic nitrogens is 3. The summed E-state index contributed by atoms with van der Waals surface area (Å²) in [6.45, 7) is 3.52. The third-order valence-corrected chi connectivity index (χ3v) is 3.08. The van der Waals surface area contributed by atoms with Crippen LogP contribution in [0.3, 0.4) is 0 Å². The van der Waals surface area contributed by atoms with E-state index in [4.69, 9.17) is 4.42 Å². The normalized spacial score (nSPS) is 12.5. The fraction of sp³-hybridized carbons (Fsp3) is 0.214. The Bertz CT molecular complexity index is 759. The molecule has 0 saturated carbocycles. The SMILES string of the molecule is Cc1nnc([C@@H](C)NC(=O)c2ccc3cc[nH]c3c2)o1. The maximum Gasteiger partial charge on any atom is 0.251 e. The van der Waals surface area contributed by atoms with Gasteiger partial charge >= 0.3 is 0 Å². The second-order valence-electron chi connectivity index (χ2n) is 4.63. The van der Waals surface area contributed by atoms with Crippen LogP contribution in [-0.2, 0) is 0 Å². The number of nitrogens with one attached hydrogen (secondary N) is 2. The quantitative estimate of drug-likeness (QED) is 0.765. The molecular weight excluding hydrogens is 256 g/mol. The van der Waals surface area contributed by atoms with E-state index in [1.165, 1.54) is 0 Å². The zero-order valence-electron chi connectivity index (χ0n) is 11.2. The van der Waals surface area contributed by atoms with Crippen molar-refractivity contribution in [2.75, 3.05) is 0 Å². The highest BCUT2D eigenvalue weighted by Crippen LogP contribution is 2.16. The molecule has 1 amide bonds. The molecular formula is C14H14N4O2. The van der Waals surface area contributed by atoms with Gasteiger partial charge in [0.2, 0.25) is 11.8 Å². The number of rotatable bonds is 3. The molecule has 1 atom stereocenters. The number of amides is 1. The molecule has 0 aliphatic carbocycles. The molecule has 2 aromatic heterocycles. The Morgan fingerprint density at radius 1 is 1.35 bits per heavy atom. The van der Waals surface area contributed by atoms with Crippen molar-refractivity contribution in [3.8, 4) is 0 Å². The van der Waals surface area contributed by atoms with Crippen molar-refractivity contribution in [3.63, 3.8) is 0 Å². The largest absolute Gasteiger partial charge is 0.423 e. The van der Waals surface area contributed by atoms with Crippen molar-refractivity contribution < 1.29 is 9.21 Å². The molecule has 3 aromatic rings. The van der Waals surface area contributed by atoms with Crippen LogP contribution in [0.15, 0.2) is 34.9 Å². The summed E-state index contributed by atoms with van der Waals surface area (Å²) in [5.74, 6) is 0.704. The van der Waals surface area contributed by atoms with Crippen molar-refractivity contribution in [1.29, 1.82) is 0 Å². The van der Waals surface area contributed by atoms with Crippen LogP contribution >= 0.6 is 0 Å². The molecule has 3 rings (SSSR count). The number of hydrogen-bond acceptors (Lipinski definition) is 4. The summed E-state index contributed by atoms with van der Waals surface area (Å²) >= 11 is 0. The summed E-state index contributed by atoms with van der Waals surface area (Å²) in [5, 5.41) is 11.6. The van der Waals surface area contributed by atoms with Gasteiger partial charge in [-0.15, -0.1) is 10.2 Å². The number of carbonyl (C=O) groups is 1. The van der Waals surface area contributed by atoms with Gasteiger partial charge in [-0.25, -0.2) is 0 Å². The molecule has 2 heterocycles. The van der Waals surface area contributed by atoms with E-state index in [1.807, 2.05) is 24.4 Å².